The average Bonchev–Trinajstić information content (AvgIpc) is 1.86. The van der Waals surface area contributed by atoms with E-state index in [1.807, 2.05) is 6.92 Å². The second-order valence-corrected chi connectivity index (χ2v) is 1.15. The van der Waals surface area contributed by atoms with E-state index in [9.17, 15) is 0 Å². The van der Waals surface area contributed by atoms with E-state index in [1.54, 1.807) is 6.26 Å². The van der Waals surface area contributed by atoms with Crippen LogP contribution in [0.4, 0.5) is 0 Å². The Balaban J connectivity index is 2.45. The maximum atomic E-state index is 4.53. The van der Waals surface area contributed by atoms with Gasteiger partial charge in [-0.1, -0.05) is 5.59 Å². The highest BCUT2D eigenvalue weighted by Crippen LogP contribution is 1.87. The molecule has 6 heavy (non-hydrogen) atoms. The zero-order valence-corrected chi connectivity index (χ0v) is 3.49. The fraction of sp³-hybridized carbons (Fsp3) is 0.333. The van der Waals surface area contributed by atoms with Crippen LogP contribution < -0.4 is 11.0 Å². The van der Waals surface area contributed by atoms with Crippen molar-refractivity contribution in [2.24, 2.45) is 0 Å². The molecule has 0 aromatic carbocycles. The van der Waals surface area contributed by atoms with Crippen molar-refractivity contribution in [3.63, 3.8) is 0 Å². The lowest BCUT2D eigenvalue weighted by Gasteiger charge is -1.88. The summed E-state index contributed by atoms with van der Waals surface area (Å²) in [4.78, 5) is 4.53. The number of nitrogens with one attached hydrogen (secondary N) is 2. The molecule has 3 heteroatoms. The van der Waals surface area contributed by atoms with E-state index in [0.717, 1.165) is 5.70 Å². The molecule has 34 valence electrons. The van der Waals surface area contributed by atoms with Crippen LogP contribution >= 0.6 is 0 Å². The Bertz CT molecular complexity index is 78.9. The summed E-state index contributed by atoms with van der Waals surface area (Å²) in [6.07, 6.45) is 1.60. The van der Waals surface area contributed by atoms with Gasteiger partial charge in [0.05, 0.1) is 5.70 Å². The highest BCUT2D eigenvalue weighted by molar-refractivity contribution is 4.89. The van der Waals surface area contributed by atoms with Gasteiger partial charge in [0.2, 0.25) is 0 Å². The quantitative estimate of drug-likeness (QED) is 0.431. The lowest BCUT2D eigenvalue weighted by molar-refractivity contribution is 0.137. The SMILES string of the molecule is CC1=CONN1. The predicted octanol–water partition coefficient (Wildman–Crippen LogP) is -0.113. The van der Waals surface area contributed by atoms with Crippen molar-refractivity contribution in [1.82, 2.24) is 11.0 Å². The molecule has 1 aliphatic rings. The largest absolute Gasteiger partial charge is 0.395 e. The van der Waals surface area contributed by atoms with Crippen molar-refractivity contribution in [2.75, 3.05) is 0 Å². The molecule has 0 aromatic rings. The van der Waals surface area contributed by atoms with Gasteiger partial charge in [-0.3, -0.25) is 5.43 Å². The van der Waals surface area contributed by atoms with Gasteiger partial charge >= 0.3 is 0 Å². The summed E-state index contributed by atoms with van der Waals surface area (Å²) < 4.78 is 0. The molecule has 1 aliphatic heterocycles. The van der Waals surface area contributed by atoms with Crippen LogP contribution in [0.3, 0.4) is 0 Å². The number of rotatable bonds is 0. The topological polar surface area (TPSA) is 33.3 Å². The fourth-order valence-electron chi connectivity index (χ4n) is 0.257. The molecule has 0 radical (unpaired) electrons. The average molecular weight is 86.1 g/mol. The van der Waals surface area contributed by atoms with Crippen LogP contribution in [0.2, 0.25) is 0 Å². The standard InChI is InChI=1S/C3H6N2O/c1-3-2-6-5-4-3/h2,4-5H,1H3. The van der Waals surface area contributed by atoms with E-state index in [2.05, 4.69) is 15.9 Å². The highest BCUT2D eigenvalue weighted by Gasteiger charge is 1.91. The second kappa shape index (κ2) is 1.18. The maximum absolute atomic E-state index is 4.53. The zero-order chi connectivity index (χ0) is 4.41. The molecule has 0 amide bonds. The summed E-state index contributed by atoms with van der Waals surface area (Å²) in [7, 11) is 0. The first-order valence-electron chi connectivity index (χ1n) is 1.73. The van der Waals surface area contributed by atoms with Crippen LogP contribution in [-0.4, -0.2) is 0 Å². The molecule has 0 aromatic heterocycles. The minimum Gasteiger partial charge on any atom is -0.395 e. The second-order valence-electron chi connectivity index (χ2n) is 1.15. The van der Waals surface area contributed by atoms with Gasteiger partial charge in [0.25, 0.3) is 0 Å². The molecule has 0 fully saturated rings. The Hall–Kier alpha value is -0.700. The summed E-state index contributed by atoms with van der Waals surface area (Å²) in [6.45, 7) is 1.90. The van der Waals surface area contributed by atoms with Gasteiger partial charge in [-0.05, 0) is 6.92 Å². The first kappa shape index (κ1) is 3.49. The number of allylic oxidation sites excluding steroid dienone is 1. The van der Waals surface area contributed by atoms with E-state index >= 15 is 0 Å². The van der Waals surface area contributed by atoms with E-state index in [0.29, 0.717) is 0 Å². The van der Waals surface area contributed by atoms with Gasteiger partial charge in [0.1, 0.15) is 6.26 Å². The number of hydrogen-bond donors (Lipinski definition) is 2. The third-order valence-corrected chi connectivity index (χ3v) is 0.543. The Kier molecular flexibility index (Phi) is 0.686. The molecular formula is C3H6N2O. The van der Waals surface area contributed by atoms with Crippen LogP contribution in [0, 0.1) is 0 Å². The minimum atomic E-state index is 0.995. The molecule has 1 heterocycles. The van der Waals surface area contributed by atoms with E-state index in [4.69, 9.17) is 0 Å². The molecule has 0 saturated carbocycles. The number of hydrazine groups is 1. The van der Waals surface area contributed by atoms with Gasteiger partial charge in [-0.15, -0.1) is 0 Å². The number of hydrogen-bond acceptors (Lipinski definition) is 3. The predicted molar refractivity (Wildman–Crippen MR) is 21.1 cm³/mol. The van der Waals surface area contributed by atoms with Crippen LogP contribution in [0.1, 0.15) is 6.92 Å². The summed E-state index contributed by atoms with van der Waals surface area (Å²) in [5, 5.41) is 0. The molecule has 1 rings (SSSR count). The van der Waals surface area contributed by atoms with Crippen LogP contribution in [0.25, 0.3) is 0 Å². The fourth-order valence-corrected chi connectivity index (χ4v) is 0.257. The van der Waals surface area contributed by atoms with E-state index in [1.165, 1.54) is 0 Å². The third kappa shape index (κ3) is 0.440. The molecule has 0 aliphatic carbocycles. The van der Waals surface area contributed by atoms with Gasteiger partial charge < -0.3 is 4.84 Å². The lowest BCUT2D eigenvalue weighted by atomic mass is 10.6. The van der Waals surface area contributed by atoms with Gasteiger partial charge in [-0.25, -0.2) is 0 Å². The summed E-state index contributed by atoms with van der Waals surface area (Å²) in [6, 6.07) is 0. The minimum absolute atomic E-state index is 0.995. The first-order chi connectivity index (χ1) is 2.89. The molecule has 3 nitrogen and oxygen atoms in total. The smallest absolute Gasteiger partial charge is 0.133 e. The van der Waals surface area contributed by atoms with Crippen molar-refractivity contribution in [3.8, 4) is 0 Å². The third-order valence-electron chi connectivity index (χ3n) is 0.543. The Morgan fingerprint density at radius 2 is 2.67 bits per heavy atom. The zero-order valence-electron chi connectivity index (χ0n) is 3.49. The molecule has 0 atom stereocenters. The van der Waals surface area contributed by atoms with Crippen molar-refractivity contribution < 1.29 is 4.84 Å². The van der Waals surface area contributed by atoms with Crippen LogP contribution in [0.5, 0.6) is 0 Å². The Labute approximate surface area is 35.9 Å². The van der Waals surface area contributed by atoms with Crippen molar-refractivity contribution >= 4 is 0 Å². The summed E-state index contributed by atoms with van der Waals surface area (Å²) in [5.41, 5.74) is 6.13. The lowest BCUT2D eigenvalue weighted by Crippen LogP contribution is -2.20. The highest BCUT2D eigenvalue weighted by atomic mass is 16.7. The molecule has 0 spiro atoms. The maximum Gasteiger partial charge on any atom is 0.133 e. The Morgan fingerprint density at radius 3 is 2.83 bits per heavy atom. The van der Waals surface area contributed by atoms with E-state index in [-0.39, 0.29) is 0 Å². The molecule has 0 bridgehead atoms. The summed E-state index contributed by atoms with van der Waals surface area (Å²) in [5.74, 6) is 0. The summed E-state index contributed by atoms with van der Waals surface area (Å²) >= 11 is 0. The van der Waals surface area contributed by atoms with Crippen LogP contribution in [0.15, 0.2) is 12.0 Å². The van der Waals surface area contributed by atoms with Crippen molar-refractivity contribution in [3.05, 3.63) is 12.0 Å². The molecule has 0 unspecified atom stereocenters. The molecule has 2 N–H and O–H groups in total. The monoisotopic (exact) mass is 86.0 g/mol. The van der Waals surface area contributed by atoms with Gasteiger partial charge in [0, 0.05) is 0 Å². The normalized spacial score (nSPS) is 18.5. The Morgan fingerprint density at radius 1 is 1.83 bits per heavy atom. The van der Waals surface area contributed by atoms with Crippen molar-refractivity contribution in [1.29, 1.82) is 0 Å². The van der Waals surface area contributed by atoms with Crippen LogP contribution in [-0.2, 0) is 4.84 Å². The van der Waals surface area contributed by atoms with Gasteiger partial charge in [0.15, 0.2) is 0 Å². The molecule has 0 saturated heterocycles. The van der Waals surface area contributed by atoms with Gasteiger partial charge in [-0.2, -0.15) is 0 Å². The molecular weight excluding hydrogens is 80.0 g/mol. The van der Waals surface area contributed by atoms with E-state index < -0.39 is 0 Å². The first-order valence-corrected chi connectivity index (χ1v) is 1.73. The van der Waals surface area contributed by atoms with Crippen molar-refractivity contribution in [2.45, 2.75) is 6.92 Å².